The number of methoxy groups -OCH3 is 1. The minimum Gasteiger partial charge on any atom is -0.497 e. The van der Waals surface area contributed by atoms with Gasteiger partial charge in [0.2, 0.25) is 0 Å². The number of rotatable bonds is 4. The Morgan fingerprint density at radius 2 is 1.83 bits per heavy atom. The maximum absolute atomic E-state index is 10.9. The van der Waals surface area contributed by atoms with Gasteiger partial charge in [-0.3, -0.25) is 0 Å². The van der Waals surface area contributed by atoms with Crippen molar-refractivity contribution >= 4 is 5.97 Å². The molecule has 0 saturated heterocycles. The maximum atomic E-state index is 10.9. The van der Waals surface area contributed by atoms with Gasteiger partial charge in [0, 0.05) is 11.8 Å². The first-order chi connectivity index (χ1) is 11.6. The molecule has 6 nitrogen and oxygen atoms in total. The van der Waals surface area contributed by atoms with Crippen molar-refractivity contribution in [2.45, 2.75) is 0 Å². The molecule has 0 radical (unpaired) electrons. The summed E-state index contributed by atoms with van der Waals surface area (Å²) in [6.07, 6.45) is 1.62. The van der Waals surface area contributed by atoms with Gasteiger partial charge in [-0.25, -0.2) is 9.48 Å². The summed E-state index contributed by atoms with van der Waals surface area (Å²) in [4.78, 5) is 10.9. The quantitative estimate of drug-likeness (QED) is 0.798. The third-order valence-corrected chi connectivity index (χ3v) is 3.58. The number of ether oxygens (including phenoxy) is 1. The fourth-order valence-electron chi connectivity index (χ4n) is 2.31. The summed E-state index contributed by atoms with van der Waals surface area (Å²) >= 11 is 0. The highest BCUT2D eigenvalue weighted by Crippen LogP contribution is 2.25. The predicted octanol–water partition coefficient (Wildman–Crippen LogP) is 3.12. The molecule has 3 aromatic rings. The minimum atomic E-state index is -0.987. The summed E-state index contributed by atoms with van der Waals surface area (Å²) in [5.41, 5.74) is 2.66. The van der Waals surface area contributed by atoms with E-state index >= 15 is 0 Å². The van der Waals surface area contributed by atoms with E-state index in [0.29, 0.717) is 16.9 Å². The molecule has 0 spiro atoms. The van der Waals surface area contributed by atoms with Gasteiger partial charge >= 0.3 is 5.97 Å². The fraction of sp³-hybridized carbons (Fsp3) is 0.0556. The molecule has 0 fully saturated rings. The molecule has 0 aliphatic carbocycles. The lowest BCUT2D eigenvalue weighted by molar-refractivity contribution is 0.0697. The molecule has 6 heteroatoms. The summed E-state index contributed by atoms with van der Waals surface area (Å²) in [7, 11) is 1.59. The van der Waals surface area contributed by atoms with Gasteiger partial charge in [0.05, 0.1) is 23.9 Å². The molecule has 0 aliphatic rings. The second kappa shape index (κ2) is 6.26. The van der Waals surface area contributed by atoms with Crippen molar-refractivity contribution < 1.29 is 14.6 Å². The van der Waals surface area contributed by atoms with Crippen LogP contribution in [0.5, 0.6) is 5.75 Å². The van der Waals surface area contributed by atoms with Gasteiger partial charge in [-0.1, -0.05) is 0 Å². The lowest BCUT2D eigenvalue weighted by atomic mass is 10.1. The van der Waals surface area contributed by atoms with Crippen LogP contribution in [0.2, 0.25) is 0 Å². The number of benzene rings is 2. The Morgan fingerprint density at radius 1 is 1.17 bits per heavy atom. The number of nitriles is 1. The van der Waals surface area contributed by atoms with Gasteiger partial charge in [0.15, 0.2) is 0 Å². The molecule has 0 atom stereocenters. The van der Waals surface area contributed by atoms with Crippen LogP contribution in [0.1, 0.15) is 15.9 Å². The Hall–Kier alpha value is -3.59. The molecule has 3 rings (SSSR count). The first-order valence-electron chi connectivity index (χ1n) is 7.10. The van der Waals surface area contributed by atoms with Crippen molar-refractivity contribution in [2.75, 3.05) is 7.11 Å². The number of aromatic nitrogens is 2. The van der Waals surface area contributed by atoms with Crippen LogP contribution in [0, 0.1) is 11.3 Å². The Bertz CT molecular complexity index is 920. The van der Waals surface area contributed by atoms with Crippen LogP contribution in [0.15, 0.2) is 54.7 Å². The predicted molar refractivity (Wildman–Crippen MR) is 87.2 cm³/mol. The number of hydrogen-bond acceptors (Lipinski definition) is 4. The zero-order chi connectivity index (χ0) is 17.1. The van der Waals surface area contributed by atoms with E-state index in [2.05, 4.69) is 11.2 Å². The van der Waals surface area contributed by atoms with Crippen LogP contribution in [0.4, 0.5) is 0 Å². The molecule has 1 heterocycles. The number of hydrogen-bond donors (Lipinski definition) is 1. The van der Waals surface area contributed by atoms with Crippen molar-refractivity contribution in [1.82, 2.24) is 9.78 Å². The van der Waals surface area contributed by atoms with Gasteiger partial charge in [-0.2, -0.15) is 10.4 Å². The van der Waals surface area contributed by atoms with Gasteiger partial charge in [0.25, 0.3) is 0 Å². The third kappa shape index (κ3) is 2.83. The molecule has 1 N–H and O–H groups in total. The summed E-state index contributed by atoms with van der Waals surface area (Å²) in [6, 6.07) is 15.7. The molecule has 0 amide bonds. The van der Waals surface area contributed by atoms with E-state index in [1.54, 1.807) is 42.3 Å². The van der Waals surface area contributed by atoms with Crippen LogP contribution >= 0.6 is 0 Å². The zero-order valence-corrected chi connectivity index (χ0v) is 12.8. The van der Waals surface area contributed by atoms with E-state index in [-0.39, 0.29) is 5.56 Å². The fourth-order valence-corrected chi connectivity index (χ4v) is 2.31. The number of carboxylic acid groups (broad SMARTS) is 1. The van der Waals surface area contributed by atoms with E-state index in [1.807, 2.05) is 12.1 Å². The molecule has 0 bridgehead atoms. The maximum Gasteiger partial charge on any atom is 0.335 e. The van der Waals surface area contributed by atoms with Crippen molar-refractivity contribution in [2.24, 2.45) is 0 Å². The number of carbonyl (C=O) groups is 1. The summed E-state index contributed by atoms with van der Waals surface area (Å²) in [5, 5.41) is 22.8. The monoisotopic (exact) mass is 319 g/mol. The van der Waals surface area contributed by atoms with Crippen LogP contribution in [-0.4, -0.2) is 28.0 Å². The first kappa shape index (κ1) is 15.3. The van der Waals surface area contributed by atoms with Crippen molar-refractivity contribution in [3.8, 4) is 28.8 Å². The van der Waals surface area contributed by atoms with E-state index in [4.69, 9.17) is 9.84 Å². The molecule has 1 aromatic heterocycles. The highest BCUT2D eigenvalue weighted by molar-refractivity contribution is 5.87. The average molecular weight is 319 g/mol. The second-order valence-electron chi connectivity index (χ2n) is 5.03. The highest BCUT2D eigenvalue weighted by atomic mass is 16.5. The second-order valence-corrected chi connectivity index (χ2v) is 5.03. The van der Waals surface area contributed by atoms with Crippen molar-refractivity contribution in [1.29, 1.82) is 5.26 Å². The van der Waals surface area contributed by atoms with Crippen molar-refractivity contribution in [3.05, 3.63) is 65.9 Å². The van der Waals surface area contributed by atoms with Crippen LogP contribution < -0.4 is 4.74 Å². The summed E-state index contributed by atoms with van der Waals surface area (Å²) in [6.45, 7) is 0. The normalized spacial score (nSPS) is 10.2. The highest BCUT2D eigenvalue weighted by Gasteiger charge is 2.12. The Labute approximate surface area is 138 Å². The van der Waals surface area contributed by atoms with Gasteiger partial charge in [0.1, 0.15) is 17.5 Å². The molecular formula is C18H13N3O3. The lowest BCUT2D eigenvalue weighted by Crippen LogP contribution is -1.98. The molecule has 0 unspecified atom stereocenters. The standard InChI is InChI=1S/C18H13N3O3/c1-24-16-8-4-12(5-9-16)17-14(10-19)11-21(20-17)15-6-2-13(3-7-15)18(22)23/h2-9,11H,1H3,(H,22,23). The van der Waals surface area contributed by atoms with Crippen LogP contribution in [0.3, 0.4) is 0 Å². The summed E-state index contributed by atoms with van der Waals surface area (Å²) in [5.74, 6) is -0.264. The Morgan fingerprint density at radius 3 is 2.38 bits per heavy atom. The minimum absolute atomic E-state index is 0.196. The number of carboxylic acids is 1. The topological polar surface area (TPSA) is 88.1 Å². The molecule has 0 aliphatic heterocycles. The lowest BCUT2D eigenvalue weighted by Gasteiger charge is -2.03. The Balaban J connectivity index is 2.00. The SMILES string of the molecule is COc1ccc(-c2nn(-c3ccc(C(=O)O)cc3)cc2C#N)cc1. The average Bonchev–Trinajstić information content (AvgIpc) is 3.06. The smallest absolute Gasteiger partial charge is 0.335 e. The molecular weight excluding hydrogens is 306 g/mol. The summed E-state index contributed by atoms with van der Waals surface area (Å²) < 4.78 is 6.69. The van der Waals surface area contributed by atoms with Crippen LogP contribution in [0.25, 0.3) is 16.9 Å². The third-order valence-electron chi connectivity index (χ3n) is 3.58. The zero-order valence-electron chi connectivity index (χ0n) is 12.8. The molecule has 0 saturated carbocycles. The first-order valence-corrected chi connectivity index (χ1v) is 7.10. The van der Waals surface area contributed by atoms with E-state index < -0.39 is 5.97 Å². The van der Waals surface area contributed by atoms with Gasteiger partial charge in [-0.15, -0.1) is 0 Å². The van der Waals surface area contributed by atoms with E-state index in [9.17, 15) is 10.1 Å². The van der Waals surface area contributed by atoms with Crippen LogP contribution in [-0.2, 0) is 0 Å². The van der Waals surface area contributed by atoms with Crippen molar-refractivity contribution in [3.63, 3.8) is 0 Å². The van der Waals surface area contributed by atoms with Gasteiger partial charge < -0.3 is 9.84 Å². The molecule has 118 valence electrons. The molecule has 2 aromatic carbocycles. The molecule has 24 heavy (non-hydrogen) atoms. The van der Waals surface area contributed by atoms with E-state index in [1.165, 1.54) is 12.1 Å². The van der Waals surface area contributed by atoms with Gasteiger partial charge in [-0.05, 0) is 48.5 Å². The number of nitrogens with zero attached hydrogens (tertiary/aromatic N) is 3. The largest absolute Gasteiger partial charge is 0.497 e. The Kier molecular flexibility index (Phi) is 4.00. The van der Waals surface area contributed by atoms with E-state index in [0.717, 1.165) is 11.3 Å². The number of aromatic carboxylic acids is 1.